The van der Waals surface area contributed by atoms with Crippen molar-refractivity contribution in [2.45, 2.75) is 19.6 Å². The summed E-state index contributed by atoms with van der Waals surface area (Å²) in [4.78, 5) is 11.3. The molecule has 0 bridgehead atoms. The summed E-state index contributed by atoms with van der Waals surface area (Å²) in [6.07, 6.45) is 1.39. The number of para-hydroxylation sites is 1. The van der Waals surface area contributed by atoms with Gasteiger partial charge >= 0.3 is 0 Å². The second kappa shape index (κ2) is 6.45. The molecule has 6 heteroatoms. The van der Waals surface area contributed by atoms with Crippen LogP contribution in [0.1, 0.15) is 17.3 Å². The number of benzene rings is 1. The molecule has 110 valence electrons. The molecule has 2 rings (SSSR count). The van der Waals surface area contributed by atoms with Crippen molar-refractivity contribution in [1.29, 1.82) is 5.41 Å². The van der Waals surface area contributed by atoms with Gasteiger partial charge in [0.2, 0.25) is 0 Å². The monoisotopic (exact) mass is 305 g/mol. The fourth-order valence-corrected chi connectivity index (χ4v) is 2.22. The number of nitrogens with one attached hydrogen (secondary N) is 1. The van der Waals surface area contributed by atoms with E-state index in [9.17, 15) is 4.79 Å². The third-order valence-corrected chi connectivity index (χ3v) is 3.11. The molecule has 0 spiro atoms. The Hall–Kier alpha value is -2.27. The van der Waals surface area contributed by atoms with Crippen LogP contribution in [0.2, 0.25) is 5.02 Å². The average Bonchev–Trinajstić information content (AvgIpc) is 2.43. The fourth-order valence-electron chi connectivity index (χ4n) is 1.99. The van der Waals surface area contributed by atoms with E-state index >= 15 is 0 Å². The largest absolute Gasteiger partial charge is 0.489 e. The van der Waals surface area contributed by atoms with E-state index in [-0.39, 0.29) is 17.2 Å². The van der Waals surface area contributed by atoms with Crippen LogP contribution in [0.4, 0.5) is 0 Å². The third-order valence-electron chi connectivity index (χ3n) is 2.90. The standard InChI is InChI=1S/C15H16ClN3O2/c1-10(21-12-5-3-2-4-6-12)8-19-9-11(16)7-13(14(19)17)15(18)20/h2-7,9-10,17H,8H2,1H3,(H2,18,20). The van der Waals surface area contributed by atoms with Crippen molar-refractivity contribution in [2.75, 3.05) is 0 Å². The number of nitrogens with zero attached hydrogens (tertiary/aromatic N) is 1. The van der Waals surface area contributed by atoms with Crippen LogP contribution in [0.25, 0.3) is 0 Å². The summed E-state index contributed by atoms with van der Waals surface area (Å²) >= 11 is 5.96. The molecular weight excluding hydrogens is 290 g/mol. The lowest BCUT2D eigenvalue weighted by atomic mass is 10.2. The van der Waals surface area contributed by atoms with Crippen LogP contribution in [0.15, 0.2) is 42.6 Å². The van der Waals surface area contributed by atoms with Gasteiger partial charge in [-0.05, 0) is 25.1 Å². The topological polar surface area (TPSA) is 81.1 Å². The van der Waals surface area contributed by atoms with Crippen LogP contribution in [-0.4, -0.2) is 16.6 Å². The van der Waals surface area contributed by atoms with Crippen molar-refractivity contribution >= 4 is 17.5 Å². The Morgan fingerprint density at radius 3 is 2.71 bits per heavy atom. The minimum absolute atomic E-state index is 0.0235. The number of carbonyl (C=O) groups is 1. The predicted molar refractivity (Wildman–Crippen MR) is 80.3 cm³/mol. The first-order valence-electron chi connectivity index (χ1n) is 6.43. The maximum absolute atomic E-state index is 11.3. The first-order valence-corrected chi connectivity index (χ1v) is 6.81. The SMILES string of the molecule is CC(Cn1cc(Cl)cc(C(N)=O)c1=N)Oc1ccccc1. The fraction of sp³-hybridized carbons (Fsp3) is 0.200. The molecule has 0 radical (unpaired) electrons. The Bertz CT molecular complexity index is 698. The van der Waals surface area contributed by atoms with E-state index in [4.69, 9.17) is 27.5 Å². The molecule has 1 aromatic heterocycles. The summed E-state index contributed by atoms with van der Waals surface area (Å²) in [5, 5.41) is 8.35. The zero-order chi connectivity index (χ0) is 15.4. The smallest absolute Gasteiger partial charge is 0.252 e. The Morgan fingerprint density at radius 1 is 1.43 bits per heavy atom. The average molecular weight is 306 g/mol. The lowest BCUT2D eigenvalue weighted by Crippen LogP contribution is -2.33. The van der Waals surface area contributed by atoms with Gasteiger partial charge in [-0.3, -0.25) is 10.2 Å². The van der Waals surface area contributed by atoms with Gasteiger partial charge in [0.15, 0.2) is 0 Å². The summed E-state index contributed by atoms with van der Waals surface area (Å²) in [5.41, 5.74) is 5.36. The molecule has 3 N–H and O–H groups in total. The maximum Gasteiger partial charge on any atom is 0.252 e. The van der Waals surface area contributed by atoms with Crippen LogP contribution in [0.5, 0.6) is 5.75 Å². The van der Waals surface area contributed by atoms with Crippen molar-refractivity contribution in [3.8, 4) is 5.75 Å². The van der Waals surface area contributed by atoms with Crippen LogP contribution in [-0.2, 0) is 6.54 Å². The minimum Gasteiger partial charge on any atom is -0.489 e. The van der Waals surface area contributed by atoms with Gasteiger partial charge in [-0.15, -0.1) is 0 Å². The van der Waals surface area contributed by atoms with Crippen molar-refractivity contribution in [1.82, 2.24) is 4.57 Å². The molecular formula is C15H16ClN3O2. The lowest BCUT2D eigenvalue weighted by molar-refractivity contribution is 0.0997. The zero-order valence-electron chi connectivity index (χ0n) is 11.5. The molecule has 0 fully saturated rings. The molecule has 1 heterocycles. The molecule has 1 aromatic carbocycles. The van der Waals surface area contributed by atoms with Crippen LogP contribution < -0.4 is 16.0 Å². The van der Waals surface area contributed by atoms with E-state index in [2.05, 4.69) is 0 Å². The molecule has 1 unspecified atom stereocenters. The van der Waals surface area contributed by atoms with Gasteiger partial charge in [-0.1, -0.05) is 29.8 Å². The number of nitrogens with two attached hydrogens (primary N) is 1. The van der Waals surface area contributed by atoms with Gasteiger partial charge in [0.25, 0.3) is 5.91 Å². The van der Waals surface area contributed by atoms with Crippen molar-refractivity contribution in [3.63, 3.8) is 0 Å². The number of ether oxygens (including phenoxy) is 1. The molecule has 1 atom stereocenters. The molecule has 0 saturated heterocycles. The number of hydrogen-bond donors (Lipinski definition) is 2. The van der Waals surface area contributed by atoms with E-state index in [0.717, 1.165) is 5.75 Å². The number of pyridine rings is 1. The highest BCUT2D eigenvalue weighted by Gasteiger charge is 2.11. The van der Waals surface area contributed by atoms with Crippen LogP contribution in [0.3, 0.4) is 0 Å². The van der Waals surface area contributed by atoms with Crippen molar-refractivity contribution < 1.29 is 9.53 Å². The molecule has 2 aromatic rings. The molecule has 21 heavy (non-hydrogen) atoms. The van der Waals surface area contributed by atoms with E-state index < -0.39 is 5.91 Å². The number of hydrogen-bond acceptors (Lipinski definition) is 3. The lowest BCUT2D eigenvalue weighted by Gasteiger charge is -2.17. The summed E-state index contributed by atoms with van der Waals surface area (Å²) in [7, 11) is 0. The Labute approximate surface area is 127 Å². The van der Waals surface area contributed by atoms with Gasteiger partial charge < -0.3 is 15.0 Å². The third kappa shape index (κ3) is 3.86. The number of halogens is 1. The molecule has 0 aliphatic heterocycles. The Balaban J connectivity index is 2.19. The predicted octanol–water partition coefficient (Wildman–Crippen LogP) is 2.19. The highest BCUT2D eigenvalue weighted by atomic mass is 35.5. The summed E-state index contributed by atoms with van der Waals surface area (Å²) in [5.74, 6) is 0.0714. The quantitative estimate of drug-likeness (QED) is 0.888. The second-order valence-electron chi connectivity index (χ2n) is 4.68. The first kappa shape index (κ1) is 15.1. The van der Waals surface area contributed by atoms with Crippen molar-refractivity contribution in [3.05, 3.63) is 58.7 Å². The normalized spacial score (nSPS) is 11.9. The highest BCUT2D eigenvalue weighted by Crippen LogP contribution is 2.12. The van der Waals surface area contributed by atoms with E-state index in [0.29, 0.717) is 11.6 Å². The summed E-state index contributed by atoms with van der Waals surface area (Å²) in [6.45, 7) is 2.26. The van der Waals surface area contributed by atoms with Gasteiger partial charge in [-0.2, -0.15) is 0 Å². The number of amides is 1. The second-order valence-corrected chi connectivity index (χ2v) is 5.12. The number of aromatic nitrogens is 1. The maximum atomic E-state index is 11.3. The molecule has 5 nitrogen and oxygen atoms in total. The number of rotatable bonds is 5. The number of primary amides is 1. The summed E-state index contributed by atoms with van der Waals surface area (Å²) in [6, 6.07) is 10.8. The molecule has 0 aliphatic rings. The minimum atomic E-state index is -0.673. The van der Waals surface area contributed by atoms with E-state index in [1.807, 2.05) is 37.3 Å². The summed E-state index contributed by atoms with van der Waals surface area (Å²) < 4.78 is 7.30. The highest BCUT2D eigenvalue weighted by molar-refractivity contribution is 6.30. The molecule has 0 aliphatic carbocycles. The van der Waals surface area contributed by atoms with Crippen molar-refractivity contribution in [2.24, 2.45) is 5.73 Å². The number of carbonyl (C=O) groups excluding carboxylic acids is 1. The Kier molecular flexibility index (Phi) is 4.65. The van der Waals surface area contributed by atoms with E-state index in [1.165, 1.54) is 6.07 Å². The zero-order valence-corrected chi connectivity index (χ0v) is 12.3. The van der Waals surface area contributed by atoms with Gasteiger partial charge in [0.1, 0.15) is 17.3 Å². The van der Waals surface area contributed by atoms with E-state index in [1.54, 1.807) is 10.8 Å². The first-order chi connectivity index (χ1) is 9.97. The van der Waals surface area contributed by atoms with Crippen LogP contribution in [0, 0.1) is 5.41 Å². The molecule has 0 saturated carbocycles. The van der Waals surface area contributed by atoms with Gasteiger partial charge in [-0.25, -0.2) is 0 Å². The van der Waals surface area contributed by atoms with Gasteiger partial charge in [0, 0.05) is 6.20 Å². The Morgan fingerprint density at radius 2 is 2.10 bits per heavy atom. The van der Waals surface area contributed by atoms with Crippen LogP contribution >= 0.6 is 11.6 Å². The van der Waals surface area contributed by atoms with Gasteiger partial charge in [0.05, 0.1) is 17.1 Å². The molecule has 1 amide bonds.